The molecule has 2 bridgehead atoms. The van der Waals surface area contributed by atoms with E-state index in [1.54, 1.807) is 23.1 Å². The predicted molar refractivity (Wildman–Crippen MR) is 117 cm³/mol. The summed E-state index contributed by atoms with van der Waals surface area (Å²) in [4.78, 5) is 40.9. The maximum atomic E-state index is 13.3. The van der Waals surface area contributed by atoms with Crippen LogP contribution in [0.1, 0.15) is 32.1 Å². The third-order valence-electron chi connectivity index (χ3n) is 8.32. The van der Waals surface area contributed by atoms with Crippen LogP contribution in [0.25, 0.3) is 0 Å². The lowest BCUT2D eigenvalue weighted by molar-refractivity contribution is -0.144. The Labute approximate surface area is 191 Å². The fraction of sp³-hybridized carbons (Fsp3) is 0.542. The van der Waals surface area contributed by atoms with Gasteiger partial charge in [0.2, 0.25) is 17.7 Å². The van der Waals surface area contributed by atoms with Gasteiger partial charge in [0.25, 0.3) is 0 Å². The number of rotatable bonds is 3. The molecule has 6 aliphatic rings. The summed E-state index contributed by atoms with van der Waals surface area (Å²) in [7, 11) is 0. The van der Waals surface area contributed by atoms with Crippen molar-refractivity contribution in [2.75, 3.05) is 5.32 Å². The average molecular weight is 459 g/mol. The number of carbonyl (C=O) groups excluding carboxylic acids is 3. The molecule has 0 radical (unpaired) electrons. The Morgan fingerprint density at radius 3 is 2.10 bits per heavy atom. The molecule has 6 atom stereocenters. The second-order valence-corrected chi connectivity index (χ2v) is 10.6. The minimum atomic E-state index is -0.137. The van der Waals surface area contributed by atoms with E-state index in [9.17, 15) is 14.4 Å². The maximum Gasteiger partial charge on any atom is 0.233 e. The van der Waals surface area contributed by atoms with Crippen molar-refractivity contribution in [1.29, 1.82) is 0 Å². The van der Waals surface area contributed by atoms with Gasteiger partial charge in [0.1, 0.15) is 0 Å². The third kappa shape index (κ3) is 3.00. The van der Waals surface area contributed by atoms with Crippen LogP contribution in [0.2, 0.25) is 10.0 Å². The van der Waals surface area contributed by atoms with Gasteiger partial charge in [0.05, 0.1) is 21.9 Å². The second-order valence-electron chi connectivity index (χ2n) is 9.82. The summed E-state index contributed by atoms with van der Waals surface area (Å²) in [5.74, 6) is 1.39. The molecular formula is C24H24Cl2N2O3. The molecule has 1 aromatic rings. The van der Waals surface area contributed by atoms with E-state index in [2.05, 4.69) is 17.5 Å². The van der Waals surface area contributed by atoms with E-state index in [0.717, 1.165) is 0 Å². The number of carbonyl (C=O) groups is 3. The summed E-state index contributed by atoms with van der Waals surface area (Å²) >= 11 is 12.0. The van der Waals surface area contributed by atoms with Gasteiger partial charge in [-0.3, -0.25) is 19.3 Å². The van der Waals surface area contributed by atoms with E-state index >= 15 is 0 Å². The lowest BCUT2D eigenvalue weighted by Gasteiger charge is -2.37. The number of nitrogens with zero attached hydrogens (tertiary/aromatic N) is 1. The maximum absolute atomic E-state index is 13.3. The van der Waals surface area contributed by atoms with Gasteiger partial charge in [-0.2, -0.15) is 0 Å². The topological polar surface area (TPSA) is 66.5 Å². The molecule has 5 aliphatic carbocycles. The van der Waals surface area contributed by atoms with Gasteiger partial charge in [0.15, 0.2) is 0 Å². The molecule has 31 heavy (non-hydrogen) atoms. The molecule has 1 aromatic carbocycles. The van der Waals surface area contributed by atoms with Gasteiger partial charge >= 0.3 is 0 Å². The summed E-state index contributed by atoms with van der Waals surface area (Å²) in [5.41, 5.74) is 0.622. The highest BCUT2D eigenvalue weighted by atomic mass is 35.5. The Bertz CT molecular complexity index is 980. The molecule has 0 spiro atoms. The van der Waals surface area contributed by atoms with Gasteiger partial charge < -0.3 is 5.32 Å². The lowest BCUT2D eigenvalue weighted by atomic mass is 9.63. The van der Waals surface area contributed by atoms with Crippen LogP contribution in [0.3, 0.4) is 0 Å². The van der Waals surface area contributed by atoms with E-state index in [1.807, 2.05) is 0 Å². The van der Waals surface area contributed by atoms with Crippen molar-refractivity contribution in [3.63, 3.8) is 0 Å². The zero-order valence-corrected chi connectivity index (χ0v) is 18.5. The van der Waals surface area contributed by atoms with Crippen molar-refractivity contribution in [2.24, 2.45) is 41.4 Å². The number of allylic oxidation sites excluding steroid dienone is 2. The van der Waals surface area contributed by atoms with E-state index < -0.39 is 0 Å². The summed E-state index contributed by atoms with van der Waals surface area (Å²) in [6, 6.07) is 4.96. The van der Waals surface area contributed by atoms with Crippen LogP contribution < -0.4 is 5.32 Å². The van der Waals surface area contributed by atoms with Crippen LogP contribution >= 0.6 is 23.2 Å². The molecule has 3 saturated carbocycles. The molecule has 1 N–H and O–H groups in total. The van der Waals surface area contributed by atoms with Crippen LogP contribution in [0.15, 0.2) is 30.4 Å². The number of hydrogen-bond acceptors (Lipinski definition) is 3. The van der Waals surface area contributed by atoms with Gasteiger partial charge in [-0.15, -0.1) is 0 Å². The third-order valence-corrected chi connectivity index (χ3v) is 9.06. The number of imide groups is 1. The standard InChI is InChI=1S/C24H24Cl2N2O3/c25-18-8-3-12(9-19(18)26)27-22(29)11-1-4-13(5-2-11)28-23(30)20-14-6-7-15(17-10-16(14)17)21(20)24(28)31/h3,6-9,11,13-17,20-21H,1-2,4-5,10H2,(H,27,29)/t11?,13?,14-,15-,16-,17+,20-,21+/m0/s1. The molecule has 0 unspecified atom stereocenters. The molecule has 1 aliphatic heterocycles. The first kappa shape index (κ1) is 19.8. The van der Waals surface area contributed by atoms with E-state index in [-0.39, 0.29) is 53.4 Å². The van der Waals surface area contributed by atoms with Crippen molar-refractivity contribution in [3.8, 4) is 0 Å². The van der Waals surface area contributed by atoms with Gasteiger partial charge in [-0.1, -0.05) is 35.4 Å². The van der Waals surface area contributed by atoms with E-state index in [0.29, 0.717) is 53.3 Å². The zero-order valence-electron chi connectivity index (χ0n) is 17.0. The van der Waals surface area contributed by atoms with Crippen LogP contribution in [-0.2, 0) is 14.4 Å². The van der Waals surface area contributed by atoms with E-state index in [4.69, 9.17) is 23.2 Å². The van der Waals surface area contributed by atoms with Crippen molar-refractivity contribution in [2.45, 2.75) is 38.1 Å². The highest BCUT2D eigenvalue weighted by Gasteiger charge is 2.67. The van der Waals surface area contributed by atoms with Gasteiger partial charge in [0, 0.05) is 17.6 Å². The fourth-order valence-electron chi connectivity index (χ4n) is 6.75. The summed E-state index contributed by atoms with van der Waals surface area (Å²) in [6.07, 6.45) is 8.30. The van der Waals surface area contributed by atoms with Crippen LogP contribution in [0.4, 0.5) is 5.69 Å². The summed E-state index contributed by atoms with van der Waals surface area (Å²) in [5, 5.41) is 3.76. The van der Waals surface area contributed by atoms with Crippen LogP contribution in [0, 0.1) is 41.4 Å². The Morgan fingerprint density at radius 2 is 1.52 bits per heavy atom. The molecule has 3 amide bonds. The molecule has 1 saturated heterocycles. The molecule has 162 valence electrons. The number of anilines is 1. The highest BCUT2D eigenvalue weighted by Crippen LogP contribution is 2.65. The molecular weight excluding hydrogens is 435 g/mol. The second kappa shape index (κ2) is 7.08. The minimum absolute atomic E-state index is 0.0448. The SMILES string of the molecule is O=C(Nc1ccc(Cl)c(Cl)c1)C1CCC(N2C(=O)[C@@H]3[C@H]4C=C[C@@H]([C@@H]5C[C@H]45)[C@@H]3C2=O)CC1. The first-order chi connectivity index (χ1) is 14.9. The number of benzene rings is 1. The first-order valence-electron chi connectivity index (χ1n) is 11.2. The fourth-order valence-corrected chi connectivity index (χ4v) is 7.05. The molecule has 7 heteroatoms. The average Bonchev–Trinajstić information content (AvgIpc) is 3.54. The minimum Gasteiger partial charge on any atom is -0.326 e. The quantitative estimate of drug-likeness (QED) is 0.533. The summed E-state index contributed by atoms with van der Waals surface area (Å²) < 4.78 is 0. The van der Waals surface area contributed by atoms with E-state index in [1.165, 1.54) is 6.42 Å². The normalized spacial score (nSPS) is 40.0. The Hall–Kier alpha value is -1.85. The molecule has 5 nitrogen and oxygen atoms in total. The smallest absolute Gasteiger partial charge is 0.233 e. The Balaban J connectivity index is 1.11. The first-order valence-corrected chi connectivity index (χ1v) is 12.0. The largest absolute Gasteiger partial charge is 0.326 e. The Morgan fingerprint density at radius 1 is 0.903 bits per heavy atom. The van der Waals surface area contributed by atoms with Gasteiger partial charge in [-0.05, 0) is 74.0 Å². The zero-order chi connectivity index (χ0) is 21.4. The summed E-state index contributed by atoms with van der Waals surface area (Å²) in [6.45, 7) is 0. The van der Waals surface area contributed by atoms with Crippen molar-refractivity contribution in [1.82, 2.24) is 4.90 Å². The number of halogens is 2. The molecule has 0 aromatic heterocycles. The number of likely N-dealkylation sites (tertiary alicyclic amines) is 1. The monoisotopic (exact) mass is 458 g/mol. The van der Waals surface area contributed by atoms with Crippen molar-refractivity contribution < 1.29 is 14.4 Å². The number of hydrogen-bond donors (Lipinski definition) is 1. The molecule has 4 fully saturated rings. The van der Waals surface area contributed by atoms with Crippen LogP contribution in [-0.4, -0.2) is 28.7 Å². The number of amides is 3. The lowest BCUT2D eigenvalue weighted by Crippen LogP contribution is -2.44. The molecule has 1 heterocycles. The number of nitrogens with one attached hydrogen (secondary N) is 1. The van der Waals surface area contributed by atoms with Gasteiger partial charge in [-0.25, -0.2) is 0 Å². The van der Waals surface area contributed by atoms with Crippen molar-refractivity contribution >= 4 is 46.6 Å². The highest BCUT2D eigenvalue weighted by molar-refractivity contribution is 6.42. The predicted octanol–water partition coefficient (Wildman–Crippen LogP) is 4.54. The Kier molecular flexibility index (Phi) is 4.52. The van der Waals surface area contributed by atoms with Crippen molar-refractivity contribution in [3.05, 3.63) is 40.4 Å². The van der Waals surface area contributed by atoms with Crippen LogP contribution in [0.5, 0.6) is 0 Å². The molecule has 7 rings (SSSR count).